The molecule has 2 unspecified atom stereocenters. The fraction of sp³-hybridized carbons (Fsp3) is 0.0345. The number of fused-ring (bicyclic) bond motifs is 4. The minimum Gasteiger partial charge on any atom is -0.311 e. The Morgan fingerprint density at radius 1 is 0.350 bits per heavy atom. The molecule has 9 aromatic rings. The van der Waals surface area contributed by atoms with Crippen LogP contribution in [0.2, 0.25) is 0 Å². The largest absolute Gasteiger partial charge is 0.311 e. The van der Waals surface area contributed by atoms with Gasteiger partial charge in [0.05, 0.1) is 0 Å². The van der Waals surface area contributed by atoms with Crippen molar-refractivity contribution in [3.8, 4) is 55.6 Å². The molecule has 0 spiro atoms. The normalized spacial score (nSPS) is 15.1. The molecule has 0 saturated carbocycles. The molecule has 1 heterocycles. The molecular formula is C58H41NS. The second-order valence-corrected chi connectivity index (χ2v) is 16.8. The van der Waals surface area contributed by atoms with Crippen molar-refractivity contribution in [1.82, 2.24) is 0 Å². The zero-order valence-corrected chi connectivity index (χ0v) is 33.8. The first kappa shape index (κ1) is 36.0. The Hall–Kier alpha value is -7.13. The summed E-state index contributed by atoms with van der Waals surface area (Å²) in [6.07, 6.45) is 9.14. The van der Waals surface area contributed by atoms with Gasteiger partial charge in [0.2, 0.25) is 0 Å². The van der Waals surface area contributed by atoms with E-state index >= 15 is 0 Å². The van der Waals surface area contributed by atoms with E-state index in [-0.39, 0.29) is 0 Å². The Labute approximate surface area is 356 Å². The van der Waals surface area contributed by atoms with E-state index in [1.165, 1.54) is 76.9 Å². The molecule has 11 rings (SSSR count). The first-order valence-corrected chi connectivity index (χ1v) is 21.6. The zero-order valence-electron chi connectivity index (χ0n) is 33.0. The maximum atomic E-state index is 2.37. The van der Waals surface area contributed by atoms with E-state index in [0.29, 0.717) is 11.2 Å². The summed E-state index contributed by atoms with van der Waals surface area (Å²) < 4.78 is 0. The Morgan fingerprint density at radius 3 is 1.47 bits per heavy atom. The van der Waals surface area contributed by atoms with Crippen LogP contribution in [0.15, 0.2) is 242 Å². The summed E-state index contributed by atoms with van der Waals surface area (Å²) in [6, 6.07) is 77.5. The highest BCUT2D eigenvalue weighted by atomic mass is 32.2. The summed E-state index contributed by atoms with van der Waals surface area (Å²) in [5.74, 6) is 0.391. The van der Waals surface area contributed by atoms with Crippen molar-refractivity contribution < 1.29 is 0 Å². The average molecular weight is 784 g/mol. The molecule has 0 fully saturated rings. The number of nitrogens with zero attached hydrogens (tertiary/aromatic N) is 1. The molecule has 0 radical (unpaired) electrons. The molecule has 1 aliphatic heterocycles. The van der Waals surface area contributed by atoms with Crippen molar-refractivity contribution in [2.75, 3.05) is 4.90 Å². The van der Waals surface area contributed by atoms with Gasteiger partial charge in [-0.15, -0.1) is 11.8 Å². The number of hydrogen-bond acceptors (Lipinski definition) is 2. The molecule has 2 aliphatic rings. The predicted molar refractivity (Wildman–Crippen MR) is 256 cm³/mol. The van der Waals surface area contributed by atoms with Crippen LogP contribution < -0.4 is 4.90 Å². The highest BCUT2D eigenvalue weighted by Gasteiger charge is 2.34. The molecule has 284 valence electrons. The summed E-state index contributed by atoms with van der Waals surface area (Å²) in [5.41, 5.74) is 17.1. The molecule has 0 bridgehead atoms. The minimum atomic E-state index is 0.391. The van der Waals surface area contributed by atoms with Gasteiger partial charge >= 0.3 is 0 Å². The van der Waals surface area contributed by atoms with Gasteiger partial charge in [-0.3, -0.25) is 0 Å². The van der Waals surface area contributed by atoms with Gasteiger partial charge in [0.25, 0.3) is 0 Å². The van der Waals surface area contributed by atoms with E-state index in [0.717, 1.165) is 17.1 Å². The molecule has 1 nitrogen and oxygen atoms in total. The van der Waals surface area contributed by atoms with E-state index in [1.54, 1.807) is 0 Å². The number of rotatable bonds is 8. The van der Waals surface area contributed by atoms with Gasteiger partial charge in [-0.05, 0) is 103 Å². The fourth-order valence-electron chi connectivity index (χ4n) is 9.03. The van der Waals surface area contributed by atoms with Gasteiger partial charge in [0.15, 0.2) is 0 Å². The Morgan fingerprint density at radius 2 is 0.833 bits per heavy atom. The standard InChI is InChI=1S/C58H41NS/c1-3-12-40(13-4-1)42-22-24-47(25-23-42)57-53(38-39-55-54-19-9-10-21-56(54)60-58(55)57)46-30-36-50(37-31-46)59(48-32-26-43(27-33-48)41-14-5-2-6-15-41)49-34-28-45(29-35-49)52-20-11-17-44-16-7-8-18-51(44)52/h1-39,54,56H. The average Bonchev–Trinajstić information content (AvgIpc) is 3.71. The second-order valence-electron chi connectivity index (χ2n) is 15.6. The smallest absolute Gasteiger partial charge is 0.0462 e. The van der Waals surface area contributed by atoms with Crippen molar-refractivity contribution in [1.29, 1.82) is 0 Å². The summed E-state index contributed by atoms with van der Waals surface area (Å²) in [7, 11) is 0. The minimum absolute atomic E-state index is 0.391. The van der Waals surface area contributed by atoms with E-state index in [2.05, 4.69) is 242 Å². The predicted octanol–water partition coefficient (Wildman–Crippen LogP) is 16.3. The van der Waals surface area contributed by atoms with Crippen LogP contribution in [0.5, 0.6) is 0 Å². The third kappa shape index (κ3) is 6.66. The topological polar surface area (TPSA) is 3.24 Å². The van der Waals surface area contributed by atoms with Crippen LogP contribution in [-0.2, 0) is 0 Å². The van der Waals surface area contributed by atoms with Gasteiger partial charge in [-0.25, -0.2) is 0 Å². The second kappa shape index (κ2) is 15.6. The van der Waals surface area contributed by atoms with E-state index in [1.807, 2.05) is 11.8 Å². The number of thioether (sulfide) groups is 1. The first-order valence-electron chi connectivity index (χ1n) is 20.7. The lowest BCUT2D eigenvalue weighted by atomic mass is 9.86. The Kier molecular flexibility index (Phi) is 9.33. The van der Waals surface area contributed by atoms with Gasteiger partial charge < -0.3 is 4.90 Å². The van der Waals surface area contributed by atoms with E-state index < -0.39 is 0 Å². The van der Waals surface area contributed by atoms with E-state index in [4.69, 9.17) is 0 Å². The van der Waals surface area contributed by atoms with Crippen molar-refractivity contribution >= 4 is 39.6 Å². The Balaban J connectivity index is 0.994. The molecule has 2 heteroatoms. The number of anilines is 3. The highest BCUT2D eigenvalue weighted by molar-refractivity contribution is 8.00. The highest BCUT2D eigenvalue weighted by Crippen LogP contribution is 2.54. The van der Waals surface area contributed by atoms with E-state index in [9.17, 15) is 0 Å². The molecule has 0 amide bonds. The lowest BCUT2D eigenvalue weighted by Crippen LogP contribution is -2.09. The maximum absolute atomic E-state index is 2.37. The summed E-state index contributed by atoms with van der Waals surface area (Å²) >= 11 is 2.01. The van der Waals surface area contributed by atoms with Crippen molar-refractivity contribution in [2.45, 2.75) is 16.1 Å². The lowest BCUT2D eigenvalue weighted by molar-refractivity contribution is 0.882. The number of allylic oxidation sites excluding steroid dienone is 3. The lowest BCUT2D eigenvalue weighted by Gasteiger charge is -2.26. The third-order valence-electron chi connectivity index (χ3n) is 12.1. The molecule has 0 saturated heterocycles. The quantitative estimate of drug-likeness (QED) is 0.151. The van der Waals surface area contributed by atoms with Crippen LogP contribution in [0.1, 0.15) is 11.5 Å². The van der Waals surface area contributed by atoms with Crippen LogP contribution >= 0.6 is 11.8 Å². The molecular weight excluding hydrogens is 743 g/mol. The SMILES string of the molecule is C1=CC2Sc3c(ccc(-c4ccc(N(c5ccc(-c6ccccc6)cc5)c5ccc(-c6cccc7ccccc67)cc5)cc4)c3-c3ccc(-c4ccccc4)cc3)C2C=C1. The molecule has 60 heavy (non-hydrogen) atoms. The summed E-state index contributed by atoms with van der Waals surface area (Å²) in [4.78, 5) is 3.76. The molecule has 1 aliphatic carbocycles. The third-order valence-corrected chi connectivity index (χ3v) is 13.5. The fourth-order valence-corrected chi connectivity index (χ4v) is 10.5. The number of benzene rings is 9. The number of hydrogen-bond donors (Lipinski definition) is 0. The molecule has 0 N–H and O–H groups in total. The van der Waals surface area contributed by atoms with Crippen molar-refractivity contribution in [2.24, 2.45) is 0 Å². The van der Waals surface area contributed by atoms with Crippen LogP contribution in [0, 0.1) is 0 Å². The molecule has 0 aromatic heterocycles. The summed E-state index contributed by atoms with van der Waals surface area (Å²) in [6.45, 7) is 0. The molecule has 9 aromatic carbocycles. The first-order chi connectivity index (χ1) is 29.7. The molecule has 2 atom stereocenters. The van der Waals surface area contributed by atoms with Crippen molar-refractivity contribution in [3.63, 3.8) is 0 Å². The Bertz CT molecular complexity index is 3010. The van der Waals surface area contributed by atoms with Crippen LogP contribution in [-0.4, -0.2) is 5.25 Å². The van der Waals surface area contributed by atoms with Crippen LogP contribution in [0.25, 0.3) is 66.4 Å². The van der Waals surface area contributed by atoms with Gasteiger partial charge in [-0.1, -0.05) is 200 Å². The van der Waals surface area contributed by atoms with Gasteiger partial charge in [-0.2, -0.15) is 0 Å². The van der Waals surface area contributed by atoms with Crippen LogP contribution in [0.3, 0.4) is 0 Å². The van der Waals surface area contributed by atoms with Gasteiger partial charge in [0, 0.05) is 38.7 Å². The van der Waals surface area contributed by atoms with Crippen LogP contribution in [0.4, 0.5) is 17.1 Å². The summed E-state index contributed by atoms with van der Waals surface area (Å²) in [5, 5.41) is 2.93. The van der Waals surface area contributed by atoms with Crippen molar-refractivity contribution in [3.05, 3.63) is 242 Å². The maximum Gasteiger partial charge on any atom is 0.0462 e. The van der Waals surface area contributed by atoms with Gasteiger partial charge in [0.1, 0.15) is 0 Å². The zero-order chi connectivity index (χ0) is 39.8. The monoisotopic (exact) mass is 783 g/mol.